The Morgan fingerprint density at radius 1 is 1.75 bits per heavy atom. The Hall–Kier alpha value is -0.770. The van der Waals surface area contributed by atoms with Crippen molar-refractivity contribution in [3.8, 4) is 0 Å². The minimum Gasteiger partial charge on any atom is -0.392 e. The average molecular weight is 136 g/mol. The van der Waals surface area contributed by atoms with E-state index in [0.717, 1.165) is 0 Å². The normalized spacial score (nSPS) is 9.75. The predicted octanol–water partition coefficient (Wildman–Crippen LogP) is 0.784. The summed E-state index contributed by atoms with van der Waals surface area (Å²) >= 11 is 5.22. The van der Waals surface area contributed by atoms with Crippen LogP contribution in [0.1, 0.15) is 0 Å². The Bertz CT molecular complexity index is 177. The first-order valence-electron chi connectivity index (χ1n) is 1.86. The number of hydrogen-bond donors (Lipinski definition) is 2. The smallest absolute Gasteiger partial charge is 0.233 e. The summed E-state index contributed by atoms with van der Waals surface area (Å²) in [6.07, 6.45) is 0. The standard InChI is InChI=1S/C3H3ClFN3/c4-2-1(6)3(5)8-7-2/h6H2,(H,7,8). The van der Waals surface area contributed by atoms with E-state index in [1.165, 1.54) is 0 Å². The number of H-pyrrole nitrogens is 1. The fourth-order valence-electron chi connectivity index (χ4n) is 0.309. The quantitative estimate of drug-likeness (QED) is 0.553. The van der Waals surface area contributed by atoms with Crippen molar-refractivity contribution in [2.75, 3.05) is 5.73 Å². The van der Waals surface area contributed by atoms with E-state index in [-0.39, 0.29) is 10.8 Å². The summed E-state index contributed by atoms with van der Waals surface area (Å²) in [5.41, 5.74) is 4.87. The molecule has 1 aromatic heterocycles. The first-order chi connectivity index (χ1) is 3.72. The van der Waals surface area contributed by atoms with Crippen LogP contribution in [0.2, 0.25) is 5.15 Å². The molecule has 0 fully saturated rings. The maximum Gasteiger partial charge on any atom is 0.233 e. The number of halogens is 2. The summed E-state index contributed by atoms with van der Waals surface area (Å²) in [4.78, 5) is 0. The molecule has 0 unspecified atom stereocenters. The molecule has 1 rings (SSSR count). The number of hydrogen-bond acceptors (Lipinski definition) is 2. The molecule has 0 saturated heterocycles. The second-order valence-corrected chi connectivity index (χ2v) is 1.60. The molecule has 0 spiro atoms. The lowest BCUT2D eigenvalue weighted by Gasteiger charge is -1.79. The van der Waals surface area contributed by atoms with E-state index < -0.39 is 5.95 Å². The van der Waals surface area contributed by atoms with Gasteiger partial charge in [-0.25, -0.2) is 5.10 Å². The van der Waals surface area contributed by atoms with Crippen LogP contribution in [0, 0.1) is 5.95 Å². The number of anilines is 1. The molecule has 0 aromatic carbocycles. The van der Waals surface area contributed by atoms with Crippen molar-refractivity contribution in [2.24, 2.45) is 0 Å². The van der Waals surface area contributed by atoms with E-state index in [1.807, 2.05) is 5.10 Å². The lowest BCUT2D eigenvalue weighted by Crippen LogP contribution is -1.84. The first kappa shape index (κ1) is 5.37. The van der Waals surface area contributed by atoms with Crippen LogP contribution in [0.5, 0.6) is 0 Å². The number of nitrogen functional groups attached to an aromatic ring is 1. The topological polar surface area (TPSA) is 54.7 Å². The molecule has 0 atom stereocenters. The maximum absolute atomic E-state index is 12.0. The Kier molecular flexibility index (Phi) is 1.09. The highest BCUT2D eigenvalue weighted by atomic mass is 35.5. The SMILES string of the molecule is Nc1c(Cl)n[nH]c1F. The van der Waals surface area contributed by atoms with Crippen molar-refractivity contribution in [3.63, 3.8) is 0 Å². The zero-order valence-corrected chi connectivity index (χ0v) is 4.54. The average Bonchev–Trinajstić information content (AvgIpc) is 1.98. The molecule has 0 aliphatic heterocycles. The summed E-state index contributed by atoms with van der Waals surface area (Å²) < 4.78 is 12.0. The number of nitrogens with zero attached hydrogens (tertiary/aromatic N) is 1. The van der Waals surface area contributed by atoms with Crippen LogP contribution < -0.4 is 5.73 Å². The molecule has 0 bridgehead atoms. The van der Waals surface area contributed by atoms with Crippen molar-refractivity contribution >= 4 is 17.3 Å². The van der Waals surface area contributed by atoms with Gasteiger partial charge in [-0.15, -0.1) is 0 Å². The van der Waals surface area contributed by atoms with E-state index in [1.54, 1.807) is 0 Å². The highest BCUT2D eigenvalue weighted by Crippen LogP contribution is 2.15. The molecular formula is C3H3ClFN3. The molecule has 1 aromatic rings. The van der Waals surface area contributed by atoms with Gasteiger partial charge in [0.1, 0.15) is 5.69 Å². The van der Waals surface area contributed by atoms with E-state index >= 15 is 0 Å². The largest absolute Gasteiger partial charge is 0.392 e. The van der Waals surface area contributed by atoms with Gasteiger partial charge >= 0.3 is 0 Å². The van der Waals surface area contributed by atoms with Gasteiger partial charge in [-0.3, -0.25) is 0 Å². The van der Waals surface area contributed by atoms with Gasteiger partial charge < -0.3 is 5.73 Å². The van der Waals surface area contributed by atoms with Crippen LogP contribution in [-0.2, 0) is 0 Å². The molecule has 0 saturated carbocycles. The van der Waals surface area contributed by atoms with Crippen LogP contribution in [0.3, 0.4) is 0 Å². The van der Waals surface area contributed by atoms with Crippen molar-refractivity contribution in [3.05, 3.63) is 11.1 Å². The molecule has 0 amide bonds. The summed E-state index contributed by atoms with van der Waals surface area (Å²) in [7, 11) is 0. The monoisotopic (exact) mass is 135 g/mol. The van der Waals surface area contributed by atoms with Crippen LogP contribution in [0.4, 0.5) is 10.1 Å². The van der Waals surface area contributed by atoms with Crippen LogP contribution in [-0.4, -0.2) is 10.2 Å². The van der Waals surface area contributed by atoms with Crippen LogP contribution >= 0.6 is 11.6 Å². The number of aromatic amines is 1. The van der Waals surface area contributed by atoms with E-state index in [0.29, 0.717) is 0 Å². The zero-order chi connectivity index (χ0) is 6.15. The first-order valence-corrected chi connectivity index (χ1v) is 2.24. The highest BCUT2D eigenvalue weighted by Gasteiger charge is 2.04. The maximum atomic E-state index is 12.0. The summed E-state index contributed by atoms with van der Waals surface area (Å²) in [5, 5.41) is 5.19. The van der Waals surface area contributed by atoms with Gasteiger partial charge in [0.15, 0.2) is 5.15 Å². The Morgan fingerprint density at radius 3 is 2.50 bits per heavy atom. The fourth-order valence-corrected chi connectivity index (χ4v) is 0.434. The molecule has 0 aliphatic carbocycles. The molecule has 3 N–H and O–H groups in total. The third kappa shape index (κ3) is 0.626. The van der Waals surface area contributed by atoms with Gasteiger partial charge in [-0.1, -0.05) is 11.6 Å². The Labute approximate surface area is 49.6 Å². The predicted molar refractivity (Wildman–Crippen MR) is 28.0 cm³/mol. The lowest BCUT2D eigenvalue weighted by molar-refractivity contribution is 0.583. The summed E-state index contributed by atoms with van der Waals surface area (Å²) in [5.74, 6) is -0.685. The van der Waals surface area contributed by atoms with Crippen molar-refractivity contribution in [1.82, 2.24) is 10.2 Å². The van der Waals surface area contributed by atoms with Crippen LogP contribution in [0.25, 0.3) is 0 Å². The van der Waals surface area contributed by atoms with Gasteiger partial charge in [0.2, 0.25) is 5.95 Å². The third-order valence-corrected chi connectivity index (χ3v) is 0.999. The molecule has 44 valence electrons. The van der Waals surface area contributed by atoms with Crippen LogP contribution in [0.15, 0.2) is 0 Å². The minimum atomic E-state index is -0.685. The van der Waals surface area contributed by atoms with Gasteiger partial charge in [-0.2, -0.15) is 9.49 Å². The third-order valence-electron chi connectivity index (χ3n) is 0.711. The van der Waals surface area contributed by atoms with Gasteiger partial charge in [-0.05, 0) is 0 Å². The molecule has 3 nitrogen and oxygen atoms in total. The van der Waals surface area contributed by atoms with Gasteiger partial charge in [0, 0.05) is 0 Å². The minimum absolute atomic E-state index is 0.0255. The number of nitrogens with two attached hydrogens (primary N) is 1. The van der Waals surface area contributed by atoms with Crippen molar-refractivity contribution in [1.29, 1.82) is 0 Å². The van der Waals surface area contributed by atoms with Gasteiger partial charge in [0.25, 0.3) is 0 Å². The molecule has 8 heavy (non-hydrogen) atoms. The second kappa shape index (κ2) is 1.63. The molecule has 5 heteroatoms. The molecule has 1 heterocycles. The lowest BCUT2D eigenvalue weighted by atomic mass is 10.6. The zero-order valence-electron chi connectivity index (χ0n) is 3.78. The number of rotatable bonds is 0. The highest BCUT2D eigenvalue weighted by molar-refractivity contribution is 6.31. The fraction of sp³-hybridized carbons (Fsp3) is 0. The molecule has 0 radical (unpaired) electrons. The second-order valence-electron chi connectivity index (χ2n) is 1.24. The Morgan fingerprint density at radius 2 is 2.38 bits per heavy atom. The van der Waals surface area contributed by atoms with Crippen molar-refractivity contribution < 1.29 is 4.39 Å². The van der Waals surface area contributed by atoms with E-state index in [2.05, 4.69) is 5.10 Å². The van der Waals surface area contributed by atoms with Gasteiger partial charge in [0.05, 0.1) is 0 Å². The van der Waals surface area contributed by atoms with E-state index in [4.69, 9.17) is 17.3 Å². The number of nitrogens with one attached hydrogen (secondary N) is 1. The van der Waals surface area contributed by atoms with E-state index in [9.17, 15) is 4.39 Å². The molecular weight excluding hydrogens is 133 g/mol. The van der Waals surface area contributed by atoms with Crippen molar-refractivity contribution in [2.45, 2.75) is 0 Å². The molecule has 0 aliphatic rings. The summed E-state index contributed by atoms with van der Waals surface area (Å²) in [6.45, 7) is 0. The summed E-state index contributed by atoms with van der Waals surface area (Å²) in [6, 6.07) is 0. The Balaban J connectivity index is 3.19. The number of aromatic nitrogens is 2.